The molecule has 0 spiro atoms. The van der Waals surface area contributed by atoms with Crippen LogP contribution in [0.1, 0.15) is 5.56 Å². The van der Waals surface area contributed by atoms with Gasteiger partial charge in [-0.1, -0.05) is 28.1 Å². The van der Waals surface area contributed by atoms with Crippen LogP contribution in [0.3, 0.4) is 0 Å². The minimum Gasteiger partial charge on any atom is -0.340 e. The molecule has 0 unspecified atom stereocenters. The van der Waals surface area contributed by atoms with Crippen LogP contribution in [0.5, 0.6) is 0 Å². The Morgan fingerprint density at radius 3 is 2.54 bits per heavy atom. The molecule has 1 saturated heterocycles. The summed E-state index contributed by atoms with van der Waals surface area (Å²) in [5, 5.41) is 3.32. The van der Waals surface area contributed by atoms with Gasteiger partial charge < -0.3 is 10.2 Å². The second kappa shape index (κ2) is 6.73. The van der Waals surface area contributed by atoms with Crippen molar-refractivity contribution in [3.8, 4) is 0 Å². The third-order valence-corrected chi connectivity index (χ3v) is 5.17. The number of aromatic nitrogens is 4. The maximum Gasteiger partial charge on any atom is 0.329 e. The Morgan fingerprint density at radius 1 is 1.15 bits per heavy atom. The third-order valence-electron chi connectivity index (χ3n) is 4.64. The smallest absolute Gasteiger partial charge is 0.329 e. The maximum atomic E-state index is 12.5. The highest BCUT2D eigenvalue weighted by Gasteiger charge is 2.22. The van der Waals surface area contributed by atoms with Crippen molar-refractivity contribution < 1.29 is 0 Å². The summed E-state index contributed by atoms with van der Waals surface area (Å²) in [6, 6.07) is 7.96. The predicted molar refractivity (Wildman–Crippen MR) is 104 cm³/mol. The fraction of sp³-hybridized carbons (Fsp3) is 0.353. The lowest BCUT2D eigenvalue weighted by Crippen LogP contribution is -2.44. The average molecular weight is 419 g/mol. The van der Waals surface area contributed by atoms with Gasteiger partial charge in [0.2, 0.25) is 5.95 Å². The Morgan fingerprint density at radius 2 is 1.85 bits per heavy atom. The highest BCUT2D eigenvalue weighted by atomic mass is 79.9. The number of imidazole rings is 1. The minimum atomic E-state index is -0.456. The number of aromatic amines is 1. The van der Waals surface area contributed by atoms with Crippen LogP contribution in [0.2, 0.25) is 0 Å². The number of hydrogen-bond acceptors (Lipinski definition) is 5. The molecule has 0 saturated carbocycles. The number of benzene rings is 1. The Balaban J connectivity index is 1.91. The van der Waals surface area contributed by atoms with Crippen LogP contribution in [0.15, 0.2) is 38.3 Å². The fourth-order valence-electron chi connectivity index (χ4n) is 3.25. The summed E-state index contributed by atoms with van der Waals surface area (Å²) in [5.41, 5.74) is 1.02. The molecule has 8 nitrogen and oxygen atoms in total. The molecular weight excluding hydrogens is 400 g/mol. The molecule has 0 atom stereocenters. The van der Waals surface area contributed by atoms with Crippen molar-refractivity contribution in [3.05, 3.63) is 55.1 Å². The Labute approximate surface area is 157 Å². The lowest BCUT2D eigenvalue weighted by atomic mass is 10.2. The molecule has 0 aliphatic carbocycles. The Hall–Kier alpha value is -2.39. The van der Waals surface area contributed by atoms with Crippen LogP contribution >= 0.6 is 15.9 Å². The molecule has 0 bridgehead atoms. The topological polar surface area (TPSA) is 87.9 Å². The Kier molecular flexibility index (Phi) is 4.41. The molecule has 1 aliphatic heterocycles. The highest BCUT2D eigenvalue weighted by molar-refractivity contribution is 9.10. The van der Waals surface area contributed by atoms with Gasteiger partial charge in [-0.15, -0.1) is 0 Å². The largest absolute Gasteiger partial charge is 0.340 e. The van der Waals surface area contributed by atoms with Crippen molar-refractivity contribution >= 4 is 33.0 Å². The van der Waals surface area contributed by atoms with Gasteiger partial charge in [-0.2, -0.15) is 4.98 Å². The summed E-state index contributed by atoms with van der Waals surface area (Å²) in [6.07, 6.45) is 0. The van der Waals surface area contributed by atoms with Crippen molar-refractivity contribution in [2.24, 2.45) is 7.05 Å². The number of hydrogen-bond donors (Lipinski definition) is 2. The van der Waals surface area contributed by atoms with Gasteiger partial charge in [0.1, 0.15) is 0 Å². The van der Waals surface area contributed by atoms with Crippen molar-refractivity contribution in [2.45, 2.75) is 6.54 Å². The predicted octanol–water partition coefficient (Wildman–Crippen LogP) is 0.644. The van der Waals surface area contributed by atoms with Crippen LogP contribution in [0.25, 0.3) is 11.2 Å². The minimum absolute atomic E-state index is 0.407. The molecular formula is C17H19BrN6O2. The van der Waals surface area contributed by atoms with E-state index in [4.69, 9.17) is 0 Å². The monoisotopic (exact) mass is 418 g/mol. The number of piperazine rings is 1. The van der Waals surface area contributed by atoms with E-state index in [2.05, 4.69) is 36.1 Å². The van der Waals surface area contributed by atoms with Crippen LogP contribution in [-0.2, 0) is 13.6 Å². The number of aryl methyl sites for hydroxylation is 1. The highest BCUT2D eigenvalue weighted by Crippen LogP contribution is 2.22. The summed E-state index contributed by atoms with van der Waals surface area (Å²) in [4.78, 5) is 33.7. The number of fused-ring (bicyclic) bond motifs is 1. The number of H-pyrrole nitrogens is 1. The molecule has 1 fully saturated rings. The lowest BCUT2D eigenvalue weighted by molar-refractivity contribution is 0.571. The van der Waals surface area contributed by atoms with Gasteiger partial charge in [0, 0.05) is 37.7 Å². The van der Waals surface area contributed by atoms with E-state index < -0.39 is 11.2 Å². The number of anilines is 1. The average Bonchev–Trinajstić information content (AvgIpc) is 3.02. The zero-order valence-corrected chi connectivity index (χ0v) is 15.9. The molecule has 4 rings (SSSR count). The molecule has 1 aromatic carbocycles. The SMILES string of the molecule is Cn1c(=O)[nH]c(=O)c2c1nc(N1CCNCC1)n2Cc1ccc(Br)cc1. The zero-order chi connectivity index (χ0) is 18.3. The van der Waals surface area contributed by atoms with Gasteiger partial charge in [0.15, 0.2) is 11.2 Å². The first kappa shape index (κ1) is 17.0. The van der Waals surface area contributed by atoms with Crippen molar-refractivity contribution in [3.63, 3.8) is 0 Å². The van der Waals surface area contributed by atoms with Gasteiger partial charge in [-0.3, -0.25) is 18.9 Å². The maximum absolute atomic E-state index is 12.5. The van der Waals surface area contributed by atoms with Crippen LogP contribution in [-0.4, -0.2) is 45.3 Å². The molecule has 2 N–H and O–H groups in total. The first-order chi connectivity index (χ1) is 12.5. The van der Waals surface area contributed by atoms with Gasteiger partial charge in [-0.05, 0) is 17.7 Å². The van der Waals surface area contributed by atoms with E-state index in [1.807, 2.05) is 28.8 Å². The van der Waals surface area contributed by atoms with Crippen molar-refractivity contribution in [1.82, 2.24) is 24.4 Å². The van der Waals surface area contributed by atoms with E-state index in [1.165, 1.54) is 4.57 Å². The van der Waals surface area contributed by atoms with Crippen LogP contribution < -0.4 is 21.5 Å². The van der Waals surface area contributed by atoms with E-state index in [9.17, 15) is 9.59 Å². The zero-order valence-electron chi connectivity index (χ0n) is 14.3. The normalized spacial score (nSPS) is 14.9. The van der Waals surface area contributed by atoms with Gasteiger partial charge in [0.25, 0.3) is 5.56 Å². The van der Waals surface area contributed by atoms with E-state index in [1.54, 1.807) is 7.05 Å². The molecule has 1 aliphatic rings. The molecule has 3 heterocycles. The number of nitrogens with zero attached hydrogens (tertiary/aromatic N) is 4. The lowest BCUT2D eigenvalue weighted by Gasteiger charge is -2.28. The van der Waals surface area contributed by atoms with Crippen LogP contribution in [0, 0.1) is 0 Å². The van der Waals surface area contributed by atoms with E-state index >= 15 is 0 Å². The summed E-state index contributed by atoms with van der Waals surface area (Å²) < 4.78 is 4.29. The molecule has 136 valence electrons. The Bertz CT molecular complexity index is 1060. The summed E-state index contributed by atoms with van der Waals surface area (Å²) in [7, 11) is 1.62. The molecule has 9 heteroatoms. The van der Waals surface area contributed by atoms with Gasteiger partial charge >= 0.3 is 5.69 Å². The van der Waals surface area contributed by atoms with Crippen LogP contribution in [0.4, 0.5) is 5.95 Å². The summed E-state index contributed by atoms with van der Waals surface area (Å²) >= 11 is 3.44. The first-order valence-corrected chi connectivity index (χ1v) is 9.23. The molecule has 0 radical (unpaired) electrons. The molecule has 26 heavy (non-hydrogen) atoms. The summed E-state index contributed by atoms with van der Waals surface area (Å²) in [5.74, 6) is 0.719. The second-order valence-electron chi connectivity index (χ2n) is 6.35. The van der Waals surface area contributed by atoms with E-state index in [0.717, 1.165) is 42.2 Å². The second-order valence-corrected chi connectivity index (χ2v) is 7.27. The van der Waals surface area contributed by atoms with Gasteiger partial charge in [0.05, 0.1) is 6.54 Å². The molecule has 0 amide bonds. The van der Waals surface area contributed by atoms with E-state index in [-0.39, 0.29) is 0 Å². The standard InChI is InChI=1S/C17H19BrN6O2/c1-22-14-13(15(25)21-17(22)26)24(10-11-2-4-12(18)5-3-11)16(20-14)23-8-6-19-7-9-23/h2-5,19H,6-10H2,1H3,(H,21,25,26). The van der Waals surface area contributed by atoms with Crippen molar-refractivity contribution in [1.29, 1.82) is 0 Å². The van der Waals surface area contributed by atoms with Crippen molar-refractivity contribution in [2.75, 3.05) is 31.1 Å². The van der Waals surface area contributed by atoms with Gasteiger partial charge in [-0.25, -0.2) is 4.79 Å². The third kappa shape index (κ3) is 2.97. The number of nitrogens with one attached hydrogen (secondary N) is 2. The molecule has 3 aromatic rings. The number of rotatable bonds is 3. The first-order valence-electron chi connectivity index (χ1n) is 8.44. The number of halogens is 1. The quantitative estimate of drug-likeness (QED) is 0.651. The van der Waals surface area contributed by atoms with E-state index in [0.29, 0.717) is 17.7 Å². The molecule has 2 aromatic heterocycles. The fourth-order valence-corrected chi connectivity index (χ4v) is 3.52. The summed E-state index contributed by atoms with van der Waals surface area (Å²) in [6.45, 7) is 3.82.